The Bertz CT molecular complexity index is 24.1. The molecule has 0 aromatic rings. The van der Waals surface area contributed by atoms with E-state index in [0.717, 1.165) is 20.9 Å². The molecule has 3 heteroatoms. The van der Waals surface area contributed by atoms with Gasteiger partial charge in [-0.05, 0) is 0 Å². The molecule has 0 radical (unpaired) electrons. The Morgan fingerprint density at radius 1 is 0.769 bits per heavy atom. The van der Waals surface area contributed by atoms with E-state index in [-0.39, 0.29) is 6.15 Å². The van der Waals surface area contributed by atoms with Gasteiger partial charge in [0.05, 0.1) is 0 Å². The molecule has 0 rings (SSSR count). The summed E-state index contributed by atoms with van der Waals surface area (Å²) < 4.78 is 5.80. The van der Waals surface area contributed by atoms with Gasteiger partial charge in [0.1, 0.15) is 0 Å². The minimum absolute atomic E-state index is 0. The first kappa shape index (κ1) is 37.5. The average Bonchev–Trinajstić information content (AvgIpc) is 2.16. The zero-order chi connectivity index (χ0) is 11.6. The summed E-state index contributed by atoms with van der Waals surface area (Å²) in [5.41, 5.74) is 0. The van der Waals surface area contributed by atoms with Crippen LogP contribution in [-0.4, -0.2) is 0 Å². The van der Waals surface area contributed by atoms with E-state index in [0.29, 0.717) is 0 Å². The normalized spacial score (nSPS) is 4.38. The summed E-state index contributed by atoms with van der Waals surface area (Å²) in [6.45, 7) is 21.2. The summed E-state index contributed by atoms with van der Waals surface area (Å²) in [5.74, 6) is 1.42. The fourth-order valence-electron chi connectivity index (χ4n) is 0. The molecular weight excluding hydrogens is 241 g/mol. The molecule has 3 N–H and O–H groups in total. The van der Waals surface area contributed by atoms with E-state index in [1.54, 1.807) is 20.8 Å². The first-order valence-corrected chi connectivity index (χ1v) is 4.94. The summed E-state index contributed by atoms with van der Waals surface area (Å²) in [4.78, 5) is 0. The van der Waals surface area contributed by atoms with Crippen molar-refractivity contribution in [3.63, 3.8) is 0 Å². The molecule has 0 aliphatic rings. The Labute approximate surface area is 99.1 Å². The third-order valence-corrected chi connectivity index (χ3v) is 0. The second kappa shape index (κ2) is 135. The van der Waals surface area contributed by atoms with E-state index in [1.165, 1.54) is 5.92 Å². The first-order chi connectivity index (χ1) is 5.73. The van der Waals surface area contributed by atoms with Crippen LogP contribution in [0.25, 0.3) is 6.15 Å². The molecule has 0 fully saturated rings. The summed E-state index contributed by atoms with van der Waals surface area (Å²) >= 11 is 1.00. The maximum absolute atomic E-state index is 5.80. The Morgan fingerprint density at radius 2 is 0.769 bits per heavy atom. The molecule has 0 aromatic heterocycles. The van der Waals surface area contributed by atoms with Crippen LogP contribution in [0.5, 0.6) is 0 Å². The van der Waals surface area contributed by atoms with E-state index >= 15 is 0 Å². The van der Waals surface area contributed by atoms with E-state index < -0.39 is 0 Å². The second-order valence-corrected chi connectivity index (χ2v) is 1.50. The molecule has 0 aliphatic heterocycles. The second-order valence-electron chi connectivity index (χ2n) is 1.50. The van der Waals surface area contributed by atoms with Crippen LogP contribution < -0.4 is 0 Å². The molecule has 0 bridgehead atoms. The van der Waals surface area contributed by atoms with Crippen molar-refractivity contribution in [2.45, 2.75) is 41.5 Å². The molecular formula is C10H27N2Nb-5. The summed E-state index contributed by atoms with van der Waals surface area (Å²) in [7, 11) is 0. The monoisotopic (exact) mass is 268 g/mol. The SMILES string of the molecule is C[C-](C)C.[CH2-]C.[CH2-]C.[CH2-]C.[NH2-].[NH]=[Nb]. The van der Waals surface area contributed by atoms with Gasteiger partial charge in [0.2, 0.25) is 0 Å². The molecule has 87 valence electrons. The topological polar surface area (TPSA) is 57.4 Å². The van der Waals surface area contributed by atoms with E-state index in [1.807, 2.05) is 0 Å². The molecule has 13 heavy (non-hydrogen) atoms. The molecule has 2 nitrogen and oxygen atoms in total. The fraction of sp³-hybridized carbons (Fsp3) is 0.600. The molecule has 0 spiro atoms. The van der Waals surface area contributed by atoms with Crippen molar-refractivity contribution in [3.8, 4) is 0 Å². The van der Waals surface area contributed by atoms with Gasteiger partial charge in [0.15, 0.2) is 0 Å². The Hall–Kier alpha value is 0.500. The van der Waals surface area contributed by atoms with Crippen molar-refractivity contribution < 1.29 is 20.9 Å². The van der Waals surface area contributed by atoms with Gasteiger partial charge in [-0.1, -0.05) is 0 Å². The molecule has 0 amide bonds. The van der Waals surface area contributed by atoms with Gasteiger partial charge in [0, 0.05) is 0 Å². The summed E-state index contributed by atoms with van der Waals surface area (Å²) in [6, 6.07) is 0. The predicted octanol–water partition coefficient (Wildman–Crippen LogP) is 5.15. The van der Waals surface area contributed by atoms with Crippen molar-refractivity contribution in [2.24, 2.45) is 0 Å². The Morgan fingerprint density at radius 3 is 0.769 bits per heavy atom. The molecule has 0 heterocycles. The third kappa shape index (κ3) is 5510. The van der Waals surface area contributed by atoms with E-state index in [2.05, 4.69) is 41.5 Å². The summed E-state index contributed by atoms with van der Waals surface area (Å²) in [6.07, 6.45) is 0. The quantitative estimate of drug-likeness (QED) is 0.466. The number of hydrogen-bond acceptors (Lipinski definition) is 1. The van der Waals surface area contributed by atoms with Gasteiger partial charge in [-0.2, -0.15) is 41.5 Å². The van der Waals surface area contributed by atoms with Crippen molar-refractivity contribution in [3.05, 3.63) is 32.8 Å². The Balaban J connectivity index is -0.0000000122. The summed E-state index contributed by atoms with van der Waals surface area (Å²) in [5, 5.41) is 0. The number of rotatable bonds is 0. The van der Waals surface area contributed by atoms with Crippen LogP contribution in [0.3, 0.4) is 0 Å². The molecule has 0 saturated carbocycles. The van der Waals surface area contributed by atoms with Crippen LogP contribution in [0.1, 0.15) is 41.5 Å². The van der Waals surface area contributed by atoms with Crippen LogP contribution in [0, 0.1) is 30.4 Å². The van der Waals surface area contributed by atoms with Crippen molar-refractivity contribution in [2.75, 3.05) is 0 Å². The average molecular weight is 268 g/mol. The molecule has 0 unspecified atom stereocenters. The van der Waals surface area contributed by atoms with Crippen LogP contribution in [-0.2, 0) is 20.9 Å². The zero-order valence-corrected chi connectivity index (χ0v) is 12.3. The van der Waals surface area contributed by atoms with Gasteiger partial charge in [-0.3, -0.25) is 0 Å². The van der Waals surface area contributed by atoms with Gasteiger partial charge < -0.3 is 32.8 Å². The molecule has 0 atom stereocenters. The van der Waals surface area contributed by atoms with Gasteiger partial charge >= 0.3 is 24.6 Å². The van der Waals surface area contributed by atoms with E-state index in [4.69, 9.17) is 3.76 Å². The molecule has 0 aromatic carbocycles. The third-order valence-electron chi connectivity index (χ3n) is 0. The standard InChI is InChI=1S/C4H9.3C2H5.H2N.HN.Nb/c1-4(2)3;3*1-2;;;/h1-3H3;3*1H2,2H3;1H2;1H;/q5*-1;;. The van der Waals surface area contributed by atoms with Gasteiger partial charge in [0.25, 0.3) is 0 Å². The van der Waals surface area contributed by atoms with Crippen molar-refractivity contribution in [1.29, 1.82) is 3.76 Å². The van der Waals surface area contributed by atoms with Crippen molar-refractivity contribution in [1.82, 2.24) is 0 Å². The number of nitrogens with one attached hydrogen (secondary N) is 1. The fourth-order valence-corrected chi connectivity index (χ4v) is 0. The zero-order valence-electron chi connectivity index (χ0n) is 10.1. The minimum atomic E-state index is 0. The first-order valence-electron chi connectivity index (χ1n) is 3.84. The number of hydrogen-bond donors (Lipinski definition) is 1. The maximum atomic E-state index is 5.80. The van der Waals surface area contributed by atoms with E-state index in [9.17, 15) is 0 Å². The Kier molecular flexibility index (Phi) is 389. The number of nitrogens with two attached hydrogens (primary N) is 1. The van der Waals surface area contributed by atoms with Crippen LogP contribution >= 0.6 is 0 Å². The predicted molar refractivity (Wildman–Crippen MR) is 61.4 cm³/mol. The van der Waals surface area contributed by atoms with Crippen molar-refractivity contribution >= 4 is 0 Å². The van der Waals surface area contributed by atoms with Gasteiger partial charge in [-0.15, -0.1) is 0 Å². The van der Waals surface area contributed by atoms with Crippen LogP contribution in [0.15, 0.2) is 0 Å². The van der Waals surface area contributed by atoms with Gasteiger partial charge in [-0.25, -0.2) is 0 Å². The van der Waals surface area contributed by atoms with Crippen LogP contribution in [0.2, 0.25) is 0 Å². The molecule has 0 saturated heterocycles. The van der Waals surface area contributed by atoms with Crippen LogP contribution in [0.4, 0.5) is 0 Å². The molecule has 0 aliphatic carbocycles.